The number of hydrogen-bond donors (Lipinski definition) is 1. The Morgan fingerprint density at radius 2 is 2.24 bits per heavy atom. The molecule has 0 fully saturated rings. The molecule has 0 spiro atoms. The summed E-state index contributed by atoms with van der Waals surface area (Å²) in [6.07, 6.45) is 1.61. The zero-order valence-corrected chi connectivity index (χ0v) is 13.3. The zero-order valence-electron chi connectivity index (χ0n) is 13.3. The lowest BCUT2D eigenvalue weighted by molar-refractivity contribution is -0.116. The van der Waals surface area contributed by atoms with Gasteiger partial charge in [0.1, 0.15) is 0 Å². The van der Waals surface area contributed by atoms with Crippen LogP contribution in [-0.2, 0) is 18.3 Å². The number of anilines is 1. The first-order valence-electron chi connectivity index (χ1n) is 7.51. The Hall–Kier alpha value is -3.10. The van der Waals surface area contributed by atoms with Gasteiger partial charge in [0.25, 0.3) is 5.89 Å². The van der Waals surface area contributed by atoms with Crippen LogP contribution in [0.25, 0.3) is 11.4 Å². The van der Waals surface area contributed by atoms with Crippen LogP contribution in [0.5, 0.6) is 0 Å². The van der Waals surface area contributed by atoms with Gasteiger partial charge in [-0.1, -0.05) is 17.3 Å². The number of benzene rings is 1. The first-order valence-corrected chi connectivity index (χ1v) is 7.51. The maximum atomic E-state index is 12.5. The Morgan fingerprint density at radius 3 is 2.92 bits per heavy atom. The molecule has 0 aliphatic rings. The number of rotatable bonds is 6. The van der Waals surface area contributed by atoms with Gasteiger partial charge in [0, 0.05) is 30.9 Å². The number of aryl methyl sites for hydroxylation is 2. The Bertz CT molecular complexity index is 875. The number of carbonyl (C=O) groups excluding carboxylic acids is 1. The third-order valence-electron chi connectivity index (χ3n) is 3.43. The fourth-order valence-electron chi connectivity index (χ4n) is 2.26. The van der Waals surface area contributed by atoms with Crippen LogP contribution < -0.4 is 5.32 Å². The predicted octanol–water partition coefficient (Wildman–Crippen LogP) is 2.98. The molecule has 0 aliphatic carbocycles. The Kier molecular flexibility index (Phi) is 4.82. The summed E-state index contributed by atoms with van der Waals surface area (Å²) in [5, 5.41) is 10.3. The summed E-state index contributed by atoms with van der Waals surface area (Å²) in [7, 11) is 1.81. The third-order valence-corrected chi connectivity index (χ3v) is 3.43. The van der Waals surface area contributed by atoms with Crippen molar-refractivity contribution in [1.29, 1.82) is 0 Å². The maximum absolute atomic E-state index is 12.5. The van der Waals surface area contributed by atoms with Gasteiger partial charge in [-0.25, -0.2) is 0 Å². The molecule has 7 nitrogen and oxygen atoms in total. The number of aromatic nitrogens is 4. The second-order valence-corrected chi connectivity index (χ2v) is 5.41. The fourth-order valence-corrected chi connectivity index (χ4v) is 2.26. The minimum absolute atomic E-state index is 0.0433. The van der Waals surface area contributed by atoms with E-state index in [0.717, 1.165) is 5.56 Å². The van der Waals surface area contributed by atoms with E-state index in [9.17, 15) is 13.6 Å². The molecule has 0 saturated heterocycles. The highest BCUT2D eigenvalue weighted by Gasteiger charge is 2.17. The summed E-state index contributed by atoms with van der Waals surface area (Å²) in [4.78, 5) is 15.7. The summed E-state index contributed by atoms with van der Waals surface area (Å²) >= 11 is 0. The molecule has 2 heterocycles. The number of halogens is 2. The highest BCUT2D eigenvalue weighted by atomic mass is 19.3. The van der Waals surface area contributed by atoms with E-state index < -0.39 is 12.3 Å². The number of carbonyl (C=O) groups is 1. The Morgan fingerprint density at radius 1 is 1.40 bits per heavy atom. The predicted molar refractivity (Wildman–Crippen MR) is 84.8 cm³/mol. The van der Waals surface area contributed by atoms with E-state index >= 15 is 0 Å². The number of hydrogen-bond acceptors (Lipinski definition) is 5. The van der Waals surface area contributed by atoms with Gasteiger partial charge in [-0.05, 0) is 24.1 Å². The molecule has 0 unspecified atom stereocenters. The largest absolute Gasteiger partial charge is 0.333 e. The van der Waals surface area contributed by atoms with Crippen LogP contribution in [0.3, 0.4) is 0 Å². The first kappa shape index (κ1) is 16.7. The lowest BCUT2D eigenvalue weighted by Gasteiger charge is -2.05. The van der Waals surface area contributed by atoms with Gasteiger partial charge in [0.15, 0.2) is 0 Å². The molecule has 0 atom stereocenters. The summed E-state index contributed by atoms with van der Waals surface area (Å²) in [5.74, 6) is -0.856. The van der Waals surface area contributed by atoms with Crippen LogP contribution in [0, 0.1) is 0 Å². The van der Waals surface area contributed by atoms with Crippen LogP contribution in [0.4, 0.5) is 14.5 Å². The molecule has 2 aromatic heterocycles. The summed E-state index contributed by atoms with van der Waals surface area (Å²) < 4.78 is 31.2. The Balaban J connectivity index is 1.63. The quantitative estimate of drug-likeness (QED) is 0.741. The minimum Gasteiger partial charge on any atom is -0.333 e. The van der Waals surface area contributed by atoms with Crippen molar-refractivity contribution in [1.82, 2.24) is 19.9 Å². The lowest BCUT2D eigenvalue weighted by Crippen LogP contribution is -2.12. The minimum atomic E-state index is -2.82. The molecule has 0 aliphatic heterocycles. The van der Waals surface area contributed by atoms with Gasteiger partial charge in [-0.3, -0.25) is 9.48 Å². The van der Waals surface area contributed by atoms with E-state index in [1.165, 1.54) is 0 Å². The van der Waals surface area contributed by atoms with E-state index in [1.54, 1.807) is 35.1 Å². The molecule has 9 heteroatoms. The average Bonchev–Trinajstić information content (AvgIpc) is 3.22. The molecular weight excluding hydrogens is 332 g/mol. The standard InChI is InChI=1S/C16H15F2N5O2/c1-23-9-10(8-19-23)5-6-13(24)20-12-4-2-3-11(7-12)15-21-16(14(17)18)25-22-15/h2-4,7-9,14H,5-6H2,1H3,(H,20,24). The molecule has 3 aromatic rings. The van der Waals surface area contributed by atoms with Gasteiger partial charge in [0.05, 0.1) is 6.20 Å². The molecule has 1 amide bonds. The van der Waals surface area contributed by atoms with E-state index in [1.807, 2.05) is 13.2 Å². The van der Waals surface area contributed by atoms with Crippen molar-refractivity contribution in [2.24, 2.45) is 7.05 Å². The van der Waals surface area contributed by atoms with Crippen molar-refractivity contribution < 1.29 is 18.1 Å². The first-order chi connectivity index (χ1) is 12.0. The van der Waals surface area contributed by atoms with Crippen molar-refractivity contribution in [3.8, 4) is 11.4 Å². The van der Waals surface area contributed by atoms with Crippen LogP contribution in [0.15, 0.2) is 41.2 Å². The van der Waals surface area contributed by atoms with Gasteiger partial charge in [0.2, 0.25) is 11.7 Å². The average molecular weight is 347 g/mol. The highest BCUT2D eigenvalue weighted by molar-refractivity contribution is 5.91. The second kappa shape index (κ2) is 7.20. The summed E-state index contributed by atoms with van der Waals surface area (Å²) in [5.41, 5.74) is 1.97. The van der Waals surface area contributed by atoms with Crippen molar-refractivity contribution in [2.45, 2.75) is 19.3 Å². The second-order valence-electron chi connectivity index (χ2n) is 5.41. The van der Waals surface area contributed by atoms with Crippen molar-refractivity contribution in [2.75, 3.05) is 5.32 Å². The third kappa shape index (κ3) is 4.25. The van der Waals surface area contributed by atoms with Crippen molar-refractivity contribution >= 4 is 11.6 Å². The van der Waals surface area contributed by atoms with E-state index in [4.69, 9.17) is 0 Å². The lowest BCUT2D eigenvalue weighted by atomic mass is 10.1. The van der Waals surface area contributed by atoms with E-state index in [-0.39, 0.29) is 11.7 Å². The molecule has 3 rings (SSSR count). The monoisotopic (exact) mass is 347 g/mol. The van der Waals surface area contributed by atoms with Crippen LogP contribution in [0.2, 0.25) is 0 Å². The fraction of sp³-hybridized carbons (Fsp3) is 0.250. The van der Waals surface area contributed by atoms with E-state index in [2.05, 4.69) is 25.1 Å². The molecule has 0 radical (unpaired) electrons. The maximum Gasteiger partial charge on any atom is 0.315 e. The highest BCUT2D eigenvalue weighted by Crippen LogP contribution is 2.23. The van der Waals surface area contributed by atoms with Crippen LogP contribution >= 0.6 is 0 Å². The Labute approximate surface area is 141 Å². The van der Waals surface area contributed by atoms with Gasteiger partial charge in [-0.15, -0.1) is 0 Å². The molecule has 1 aromatic carbocycles. The van der Waals surface area contributed by atoms with Crippen molar-refractivity contribution in [3.63, 3.8) is 0 Å². The molecule has 1 N–H and O–H groups in total. The SMILES string of the molecule is Cn1cc(CCC(=O)Nc2cccc(-c3noc(C(F)F)n3)c2)cn1. The molecule has 130 valence electrons. The van der Waals surface area contributed by atoms with Crippen molar-refractivity contribution in [3.05, 3.63) is 48.1 Å². The molecular formula is C16H15F2N5O2. The van der Waals surface area contributed by atoms with E-state index in [0.29, 0.717) is 24.1 Å². The zero-order chi connectivity index (χ0) is 17.8. The number of nitrogens with one attached hydrogen (secondary N) is 1. The van der Waals surface area contributed by atoms with Crippen LogP contribution in [-0.4, -0.2) is 25.8 Å². The normalized spacial score (nSPS) is 11.0. The van der Waals surface area contributed by atoms with Gasteiger partial charge < -0.3 is 9.84 Å². The van der Waals surface area contributed by atoms with Gasteiger partial charge >= 0.3 is 6.43 Å². The number of alkyl halides is 2. The topological polar surface area (TPSA) is 85.8 Å². The van der Waals surface area contributed by atoms with Crippen LogP contribution in [0.1, 0.15) is 24.3 Å². The summed E-state index contributed by atoms with van der Waals surface area (Å²) in [6, 6.07) is 6.61. The summed E-state index contributed by atoms with van der Waals surface area (Å²) in [6.45, 7) is 0. The number of nitrogens with zero attached hydrogens (tertiary/aromatic N) is 4. The van der Waals surface area contributed by atoms with Gasteiger partial charge in [-0.2, -0.15) is 18.9 Å². The molecule has 0 saturated carbocycles. The smallest absolute Gasteiger partial charge is 0.315 e. The molecule has 25 heavy (non-hydrogen) atoms. The molecule has 0 bridgehead atoms. The number of amides is 1.